The van der Waals surface area contributed by atoms with Crippen LogP contribution in [-0.4, -0.2) is 16.5 Å². The van der Waals surface area contributed by atoms with Gasteiger partial charge in [-0.25, -0.2) is 0 Å². The minimum Gasteiger partial charge on any atom is -0.393 e. The predicted molar refractivity (Wildman–Crippen MR) is 70.6 cm³/mol. The van der Waals surface area contributed by atoms with Gasteiger partial charge in [-0.2, -0.15) is 0 Å². The van der Waals surface area contributed by atoms with E-state index in [1.807, 2.05) is 26.1 Å². The molecule has 0 radical (unpaired) electrons. The molecule has 2 aromatic rings. The third-order valence-corrected chi connectivity index (χ3v) is 3.94. The molecule has 0 aliphatic carbocycles. The molecule has 4 heteroatoms. The van der Waals surface area contributed by atoms with Crippen molar-refractivity contribution in [3.8, 4) is 0 Å². The normalized spacial score (nSPS) is 19.2. The Bertz CT molecular complexity index is 684. The van der Waals surface area contributed by atoms with E-state index in [0.29, 0.717) is 6.42 Å². The number of fused-ring (bicyclic) bond motifs is 1. The van der Waals surface area contributed by atoms with E-state index in [-0.39, 0.29) is 12.3 Å². The van der Waals surface area contributed by atoms with Gasteiger partial charge in [0, 0.05) is 23.6 Å². The molecular formula is C15H15NO3. The van der Waals surface area contributed by atoms with E-state index in [0.717, 1.165) is 22.2 Å². The monoisotopic (exact) mass is 257 g/mol. The Balaban J connectivity index is 2.04. The topological polar surface area (TPSA) is 48.3 Å². The van der Waals surface area contributed by atoms with Gasteiger partial charge in [0.25, 0.3) is 0 Å². The van der Waals surface area contributed by atoms with Gasteiger partial charge in [-0.1, -0.05) is 18.2 Å². The van der Waals surface area contributed by atoms with Gasteiger partial charge < -0.3 is 9.30 Å². The van der Waals surface area contributed by atoms with Crippen LogP contribution in [-0.2, 0) is 27.8 Å². The van der Waals surface area contributed by atoms with Crippen LogP contribution < -0.4 is 0 Å². The number of carbonyl (C=O) groups excluding carboxylic acids is 2. The van der Waals surface area contributed by atoms with E-state index in [2.05, 4.69) is 21.4 Å². The van der Waals surface area contributed by atoms with Crippen LogP contribution in [0.2, 0.25) is 0 Å². The highest BCUT2D eigenvalue weighted by Crippen LogP contribution is 2.29. The fourth-order valence-electron chi connectivity index (χ4n) is 2.78. The maximum absolute atomic E-state index is 11.6. The average Bonchev–Trinajstić information content (AvgIpc) is 2.83. The second-order valence-electron chi connectivity index (χ2n) is 5.04. The zero-order valence-corrected chi connectivity index (χ0v) is 11.0. The second-order valence-corrected chi connectivity index (χ2v) is 5.04. The molecule has 0 amide bonds. The molecule has 98 valence electrons. The number of ether oxygens (including phenoxy) is 1. The van der Waals surface area contributed by atoms with Crippen LogP contribution in [0.25, 0.3) is 10.9 Å². The first-order valence-electron chi connectivity index (χ1n) is 6.35. The Hall–Kier alpha value is -2.10. The van der Waals surface area contributed by atoms with E-state index in [1.54, 1.807) is 0 Å². The first-order valence-corrected chi connectivity index (χ1v) is 6.35. The lowest BCUT2D eigenvalue weighted by atomic mass is 9.96. The van der Waals surface area contributed by atoms with Gasteiger partial charge in [-0.05, 0) is 25.0 Å². The van der Waals surface area contributed by atoms with E-state index in [9.17, 15) is 9.59 Å². The Morgan fingerprint density at radius 2 is 2.05 bits per heavy atom. The molecule has 1 aromatic heterocycles. The van der Waals surface area contributed by atoms with E-state index in [1.165, 1.54) is 0 Å². The fraction of sp³-hybridized carbons (Fsp3) is 0.333. The van der Waals surface area contributed by atoms with Crippen molar-refractivity contribution in [1.82, 2.24) is 4.57 Å². The highest BCUT2D eigenvalue weighted by atomic mass is 16.6. The molecule has 0 saturated carbocycles. The highest BCUT2D eigenvalue weighted by Gasteiger charge is 2.34. The number of rotatable bonds is 2. The van der Waals surface area contributed by atoms with Gasteiger partial charge in [-0.15, -0.1) is 0 Å². The molecule has 1 aliphatic heterocycles. The summed E-state index contributed by atoms with van der Waals surface area (Å²) in [6.45, 7) is 2.04. The van der Waals surface area contributed by atoms with Crippen molar-refractivity contribution in [2.24, 2.45) is 13.0 Å². The fourth-order valence-corrected chi connectivity index (χ4v) is 2.78. The Morgan fingerprint density at radius 1 is 1.32 bits per heavy atom. The van der Waals surface area contributed by atoms with Crippen LogP contribution in [0.4, 0.5) is 0 Å². The molecule has 4 nitrogen and oxygen atoms in total. The third kappa shape index (κ3) is 1.84. The van der Waals surface area contributed by atoms with Crippen LogP contribution in [0.5, 0.6) is 0 Å². The molecular weight excluding hydrogens is 242 g/mol. The predicted octanol–water partition coefficient (Wildman–Crippen LogP) is 2.12. The number of nitrogens with zero attached hydrogens (tertiary/aromatic N) is 1. The Labute approximate surface area is 111 Å². The summed E-state index contributed by atoms with van der Waals surface area (Å²) in [5.41, 5.74) is 3.41. The quantitative estimate of drug-likeness (QED) is 0.611. The van der Waals surface area contributed by atoms with Crippen molar-refractivity contribution in [3.63, 3.8) is 0 Å². The Morgan fingerprint density at radius 3 is 2.74 bits per heavy atom. The highest BCUT2D eigenvalue weighted by molar-refractivity contribution is 5.95. The first kappa shape index (κ1) is 12.0. The van der Waals surface area contributed by atoms with Crippen LogP contribution in [0.15, 0.2) is 24.3 Å². The molecule has 1 saturated heterocycles. The number of esters is 2. The van der Waals surface area contributed by atoms with Crippen LogP contribution in [0, 0.1) is 12.8 Å². The zero-order chi connectivity index (χ0) is 13.6. The van der Waals surface area contributed by atoms with Crippen molar-refractivity contribution >= 4 is 22.8 Å². The van der Waals surface area contributed by atoms with Gasteiger partial charge >= 0.3 is 11.9 Å². The smallest absolute Gasteiger partial charge is 0.317 e. The van der Waals surface area contributed by atoms with E-state index in [4.69, 9.17) is 0 Å². The second kappa shape index (κ2) is 4.23. The summed E-state index contributed by atoms with van der Waals surface area (Å²) in [7, 11) is 2.01. The standard InChI is InChI=1S/C15H15NO3/c1-9-12(7-10-8-14(17)19-15(10)18)11-5-3-4-6-13(11)16(9)2/h3-6,10H,7-8H2,1-2H3/t10-/m1/s1. The molecule has 1 aromatic carbocycles. The number of hydrogen-bond acceptors (Lipinski definition) is 3. The molecule has 2 heterocycles. The summed E-state index contributed by atoms with van der Waals surface area (Å²) in [6, 6.07) is 8.10. The summed E-state index contributed by atoms with van der Waals surface area (Å²) >= 11 is 0. The van der Waals surface area contributed by atoms with Crippen molar-refractivity contribution < 1.29 is 14.3 Å². The molecule has 3 rings (SSSR count). The lowest BCUT2D eigenvalue weighted by Crippen LogP contribution is -2.11. The maximum atomic E-state index is 11.6. The SMILES string of the molecule is Cc1c(C[C@@H]2CC(=O)OC2=O)c2ccccc2n1C. The van der Waals surface area contributed by atoms with Gasteiger partial charge in [-0.3, -0.25) is 9.59 Å². The number of carbonyl (C=O) groups is 2. The largest absolute Gasteiger partial charge is 0.393 e. The summed E-state index contributed by atoms with van der Waals surface area (Å²) in [5.74, 6) is -1.14. The van der Waals surface area contributed by atoms with Crippen LogP contribution in [0.1, 0.15) is 17.7 Å². The van der Waals surface area contributed by atoms with Gasteiger partial charge in [0.1, 0.15) is 0 Å². The summed E-state index contributed by atoms with van der Waals surface area (Å²) in [4.78, 5) is 22.8. The molecule has 0 N–H and O–H groups in total. The molecule has 1 fully saturated rings. The van der Waals surface area contributed by atoms with Gasteiger partial charge in [0.05, 0.1) is 12.3 Å². The number of aryl methyl sites for hydroxylation is 1. The zero-order valence-electron chi connectivity index (χ0n) is 11.0. The van der Waals surface area contributed by atoms with Crippen molar-refractivity contribution in [1.29, 1.82) is 0 Å². The minimum absolute atomic E-state index is 0.196. The van der Waals surface area contributed by atoms with Crippen LogP contribution in [0.3, 0.4) is 0 Å². The molecule has 0 unspecified atom stereocenters. The molecule has 0 bridgehead atoms. The minimum atomic E-state index is -0.409. The van der Waals surface area contributed by atoms with Crippen molar-refractivity contribution in [3.05, 3.63) is 35.5 Å². The van der Waals surface area contributed by atoms with Crippen molar-refractivity contribution in [2.45, 2.75) is 19.8 Å². The molecule has 1 atom stereocenters. The summed E-state index contributed by atoms with van der Waals surface area (Å²) in [6.07, 6.45) is 0.763. The molecule has 0 spiro atoms. The van der Waals surface area contributed by atoms with Crippen LogP contribution >= 0.6 is 0 Å². The molecule has 19 heavy (non-hydrogen) atoms. The number of hydrogen-bond donors (Lipinski definition) is 0. The lowest BCUT2D eigenvalue weighted by molar-refractivity contribution is -0.153. The molecule has 1 aliphatic rings. The summed E-state index contributed by atoms with van der Waals surface area (Å²) < 4.78 is 6.74. The maximum Gasteiger partial charge on any atom is 0.317 e. The number of aromatic nitrogens is 1. The average molecular weight is 257 g/mol. The summed E-state index contributed by atoms with van der Waals surface area (Å²) in [5, 5.41) is 1.15. The van der Waals surface area contributed by atoms with E-state index >= 15 is 0 Å². The van der Waals surface area contributed by atoms with Gasteiger partial charge in [0.2, 0.25) is 0 Å². The van der Waals surface area contributed by atoms with Crippen molar-refractivity contribution in [2.75, 3.05) is 0 Å². The third-order valence-electron chi connectivity index (χ3n) is 3.94. The first-order chi connectivity index (χ1) is 9.08. The Kier molecular flexibility index (Phi) is 2.66. The number of cyclic esters (lactones) is 2. The van der Waals surface area contributed by atoms with E-state index < -0.39 is 11.9 Å². The lowest BCUT2D eigenvalue weighted by Gasteiger charge is -2.05. The van der Waals surface area contributed by atoms with Gasteiger partial charge in [0.15, 0.2) is 0 Å². The number of benzene rings is 1. The number of para-hydroxylation sites is 1.